The molecular formula is C13H21BrN2OS. The first-order chi connectivity index (χ1) is 8.63. The van der Waals surface area contributed by atoms with Crippen LogP contribution in [0.15, 0.2) is 15.9 Å². The van der Waals surface area contributed by atoms with Gasteiger partial charge in [0.25, 0.3) is 0 Å². The Bertz CT molecular complexity index is 379. The van der Waals surface area contributed by atoms with Crippen LogP contribution in [0.5, 0.6) is 0 Å². The maximum Gasteiger partial charge on any atom is 0.0594 e. The summed E-state index contributed by atoms with van der Waals surface area (Å²) in [5, 5.41) is 11.4. The third kappa shape index (κ3) is 3.14. The highest BCUT2D eigenvalue weighted by molar-refractivity contribution is 9.10. The minimum atomic E-state index is 0.0719. The van der Waals surface area contributed by atoms with Crippen LogP contribution in [0.3, 0.4) is 0 Å². The normalized spacial score (nSPS) is 19.8. The summed E-state index contributed by atoms with van der Waals surface area (Å²) in [5.41, 5.74) is 6.19. The van der Waals surface area contributed by atoms with Gasteiger partial charge in [-0.2, -0.15) is 0 Å². The molecule has 1 heterocycles. The van der Waals surface area contributed by atoms with Gasteiger partial charge in [-0.3, -0.25) is 4.90 Å². The van der Waals surface area contributed by atoms with Gasteiger partial charge in [0.1, 0.15) is 0 Å². The monoisotopic (exact) mass is 332 g/mol. The Kier molecular flexibility index (Phi) is 5.21. The van der Waals surface area contributed by atoms with Crippen molar-refractivity contribution in [3.63, 3.8) is 0 Å². The SMILES string of the molecule is CC(N)C(c1cc(Br)cs1)N(CCO)C1CCC1. The second-order valence-electron chi connectivity index (χ2n) is 5.02. The van der Waals surface area contributed by atoms with Gasteiger partial charge < -0.3 is 10.8 Å². The van der Waals surface area contributed by atoms with E-state index in [1.54, 1.807) is 11.3 Å². The van der Waals surface area contributed by atoms with Crippen LogP contribution in [-0.2, 0) is 0 Å². The fourth-order valence-electron chi connectivity index (χ4n) is 2.59. The highest BCUT2D eigenvalue weighted by Crippen LogP contribution is 2.36. The lowest BCUT2D eigenvalue weighted by Gasteiger charge is -2.43. The molecule has 102 valence electrons. The Morgan fingerprint density at radius 2 is 2.33 bits per heavy atom. The Balaban J connectivity index is 2.20. The van der Waals surface area contributed by atoms with Crippen molar-refractivity contribution >= 4 is 27.3 Å². The first kappa shape index (κ1) is 14.5. The van der Waals surface area contributed by atoms with Crippen LogP contribution in [-0.4, -0.2) is 35.2 Å². The van der Waals surface area contributed by atoms with Gasteiger partial charge in [-0.1, -0.05) is 6.42 Å². The summed E-state index contributed by atoms with van der Waals surface area (Å²) in [6.45, 7) is 2.97. The highest BCUT2D eigenvalue weighted by atomic mass is 79.9. The maximum atomic E-state index is 9.30. The number of aliphatic hydroxyl groups is 1. The summed E-state index contributed by atoms with van der Waals surface area (Å²) in [6, 6.07) is 3.04. The summed E-state index contributed by atoms with van der Waals surface area (Å²) >= 11 is 5.25. The molecule has 1 saturated carbocycles. The molecule has 3 N–H and O–H groups in total. The Morgan fingerprint density at radius 1 is 1.61 bits per heavy atom. The zero-order chi connectivity index (χ0) is 13.1. The molecule has 0 amide bonds. The molecular weight excluding hydrogens is 312 g/mol. The summed E-state index contributed by atoms with van der Waals surface area (Å²) < 4.78 is 1.12. The van der Waals surface area contributed by atoms with Gasteiger partial charge in [0.15, 0.2) is 0 Å². The molecule has 3 nitrogen and oxygen atoms in total. The summed E-state index contributed by atoms with van der Waals surface area (Å²) in [4.78, 5) is 3.68. The van der Waals surface area contributed by atoms with Gasteiger partial charge in [-0.05, 0) is 41.8 Å². The third-order valence-electron chi connectivity index (χ3n) is 3.64. The lowest BCUT2D eigenvalue weighted by molar-refractivity contribution is 0.0518. The van der Waals surface area contributed by atoms with E-state index in [0.29, 0.717) is 12.6 Å². The summed E-state index contributed by atoms with van der Waals surface area (Å²) in [6.07, 6.45) is 3.76. The molecule has 0 radical (unpaired) electrons. The Hall–Kier alpha value is 0.0600. The molecule has 1 aromatic heterocycles. The van der Waals surface area contributed by atoms with E-state index in [1.807, 2.05) is 0 Å². The number of nitrogens with zero attached hydrogens (tertiary/aromatic N) is 1. The van der Waals surface area contributed by atoms with Crippen molar-refractivity contribution in [2.45, 2.75) is 44.3 Å². The molecule has 1 aromatic rings. The number of hydrogen-bond acceptors (Lipinski definition) is 4. The van der Waals surface area contributed by atoms with Crippen molar-refractivity contribution in [1.29, 1.82) is 0 Å². The molecule has 0 spiro atoms. The van der Waals surface area contributed by atoms with Crippen LogP contribution < -0.4 is 5.73 Å². The van der Waals surface area contributed by atoms with Gasteiger partial charge >= 0.3 is 0 Å². The lowest BCUT2D eigenvalue weighted by atomic mass is 9.89. The largest absolute Gasteiger partial charge is 0.395 e. The Labute approximate surface area is 121 Å². The molecule has 2 rings (SSSR count). The Morgan fingerprint density at radius 3 is 2.72 bits per heavy atom. The van der Waals surface area contributed by atoms with E-state index >= 15 is 0 Å². The number of aliphatic hydroxyl groups excluding tert-OH is 1. The minimum Gasteiger partial charge on any atom is -0.395 e. The highest BCUT2D eigenvalue weighted by Gasteiger charge is 2.33. The molecule has 0 aromatic carbocycles. The standard InChI is InChI=1S/C13H21BrN2OS/c1-9(15)13(12-7-10(14)8-18-12)16(5-6-17)11-3-2-4-11/h7-9,11,13,17H,2-6,15H2,1H3. The minimum absolute atomic E-state index is 0.0719. The van der Waals surface area contributed by atoms with Crippen molar-refractivity contribution < 1.29 is 5.11 Å². The molecule has 5 heteroatoms. The number of hydrogen-bond donors (Lipinski definition) is 2. The summed E-state index contributed by atoms with van der Waals surface area (Å²) in [5.74, 6) is 0. The van der Waals surface area contributed by atoms with E-state index in [9.17, 15) is 5.11 Å². The van der Waals surface area contributed by atoms with E-state index in [4.69, 9.17) is 5.73 Å². The molecule has 0 bridgehead atoms. The smallest absolute Gasteiger partial charge is 0.0594 e. The van der Waals surface area contributed by atoms with Crippen molar-refractivity contribution in [1.82, 2.24) is 4.90 Å². The quantitative estimate of drug-likeness (QED) is 0.842. The van der Waals surface area contributed by atoms with Gasteiger partial charge in [0.05, 0.1) is 12.6 Å². The van der Waals surface area contributed by atoms with Crippen LogP contribution >= 0.6 is 27.3 Å². The third-order valence-corrected chi connectivity index (χ3v) is 5.40. The molecule has 0 aliphatic heterocycles. The number of thiophene rings is 1. The van der Waals surface area contributed by atoms with Crippen LogP contribution in [0, 0.1) is 0 Å². The van der Waals surface area contributed by atoms with Crippen LogP contribution in [0.1, 0.15) is 37.1 Å². The fraction of sp³-hybridized carbons (Fsp3) is 0.692. The average molecular weight is 333 g/mol. The van der Waals surface area contributed by atoms with Crippen molar-refractivity contribution in [2.75, 3.05) is 13.2 Å². The molecule has 2 unspecified atom stereocenters. The van der Waals surface area contributed by atoms with E-state index in [0.717, 1.165) is 4.47 Å². The van der Waals surface area contributed by atoms with Crippen molar-refractivity contribution in [3.05, 3.63) is 20.8 Å². The molecule has 1 fully saturated rings. The average Bonchev–Trinajstić information content (AvgIpc) is 2.62. The number of nitrogens with two attached hydrogens (primary N) is 1. The first-order valence-corrected chi connectivity index (χ1v) is 8.17. The lowest BCUT2D eigenvalue weighted by Crippen LogP contribution is -2.48. The van der Waals surface area contributed by atoms with Crippen molar-refractivity contribution in [2.24, 2.45) is 5.73 Å². The topological polar surface area (TPSA) is 49.5 Å². The second kappa shape index (κ2) is 6.48. The predicted octanol–water partition coefficient (Wildman–Crippen LogP) is 2.75. The zero-order valence-electron chi connectivity index (χ0n) is 10.7. The van der Waals surface area contributed by atoms with Gasteiger partial charge in [0, 0.05) is 33.4 Å². The maximum absolute atomic E-state index is 9.30. The number of halogens is 1. The van der Waals surface area contributed by atoms with Crippen molar-refractivity contribution in [3.8, 4) is 0 Å². The van der Waals surface area contributed by atoms with E-state index < -0.39 is 0 Å². The first-order valence-electron chi connectivity index (χ1n) is 6.49. The van der Waals surface area contributed by atoms with Crippen LogP contribution in [0.4, 0.5) is 0 Å². The molecule has 1 aliphatic rings. The van der Waals surface area contributed by atoms with E-state index in [2.05, 4.69) is 39.2 Å². The second-order valence-corrected chi connectivity index (χ2v) is 6.88. The van der Waals surface area contributed by atoms with Gasteiger partial charge in [-0.25, -0.2) is 0 Å². The van der Waals surface area contributed by atoms with E-state index in [-0.39, 0.29) is 18.7 Å². The van der Waals surface area contributed by atoms with Crippen LogP contribution in [0.2, 0.25) is 0 Å². The number of rotatable bonds is 6. The fourth-order valence-corrected chi connectivity index (χ4v) is 4.27. The summed E-state index contributed by atoms with van der Waals surface area (Å²) in [7, 11) is 0. The molecule has 2 atom stereocenters. The molecule has 1 aliphatic carbocycles. The van der Waals surface area contributed by atoms with Crippen LogP contribution in [0.25, 0.3) is 0 Å². The predicted molar refractivity (Wildman–Crippen MR) is 79.8 cm³/mol. The van der Waals surface area contributed by atoms with Gasteiger partial charge in [-0.15, -0.1) is 11.3 Å². The van der Waals surface area contributed by atoms with E-state index in [1.165, 1.54) is 24.1 Å². The molecule has 0 saturated heterocycles. The molecule has 18 heavy (non-hydrogen) atoms. The zero-order valence-corrected chi connectivity index (χ0v) is 13.1. The van der Waals surface area contributed by atoms with Gasteiger partial charge in [0.2, 0.25) is 0 Å².